The summed E-state index contributed by atoms with van der Waals surface area (Å²) in [5.41, 5.74) is -0.142. The van der Waals surface area contributed by atoms with E-state index in [9.17, 15) is 14.4 Å². The summed E-state index contributed by atoms with van der Waals surface area (Å²) in [5, 5.41) is 10.7. The van der Waals surface area contributed by atoms with Crippen molar-refractivity contribution in [2.75, 3.05) is 11.9 Å². The highest BCUT2D eigenvalue weighted by Gasteiger charge is 2.50. The number of aromatic nitrogens is 2. The third kappa shape index (κ3) is 5.02. The molecule has 0 atom stereocenters. The number of nitrogens with one attached hydrogen (secondary N) is 2. The molecule has 1 aromatic heterocycles. The van der Waals surface area contributed by atoms with Crippen LogP contribution in [0.2, 0.25) is 10.0 Å². The van der Waals surface area contributed by atoms with Gasteiger partial charge in [0.2, 0.25) is 5.91 Å². The first-order valence-corrected chi connectivity index (χ1v) is 10.9. The number of benzene rings is 1. The van der Waals surface area contributed by atoms with Crippen LogP contribution in [0, 0.1) is 0 Å². The Morgan fingerprint density at radius 1 is 1.16 bits per heavy atom. The molecule has 0 radical (unpaired) electrons. The third-order valence-electron chi connectivity index (χ3n) is 5.22. The second-order valence-electron chi connectivity index (χ2n) is 7.56. The van der Waals surface area contributed by atoms with Crippen molar-refractivity contribution in [3.63, 3.8) is 0 Å². The monoisotopic (exact) mass is 465 g/mol. The van der Waals surface area contributed by atoms with Crippen LogP contribution in [-0.4, -0.2) is 44.6 Å². The smallest absolute Gasteiger partial charge is 0.323 e. The first-order valence-electron chi connectivity index (χ1n) is 10.2. The zero-order valence-electron chi connectivity index (χ0n) is 17.5. The number of halogens is 2. The molecule has 10 heteroatoms. The molecule has 2 heterocycles. The zero-order chi connectivity index (χ0) is 22.6. The molecule has 1 saturated heterocycles. The number of amides is 4. The van der Waals surface area contributed by atoms with Gasteiger partial charge in [-0.2, -0.15) is 5.10 Å². The van der Waals surface area contributed by atoms with E-state index in [0.717, 1.165) is 23.3 Å². The predicted molar refractivity (Wildman–Crippen MR) is 119 cm³/mol. The van der Waals surface area contributed by atoms with E-state index in [0.29, 0.717) is 35.2 Å². The number of rotatable bonds is 9. The number of nitrogens with zero attached hydrogens (tertiary/aromatic N) is 3. The van der Waals surface area contributed by atoms with Gasteiger partial charge in [0, 0.05) is 16.1 Å². The summed E-state index contributed by atoms with van der Waals surface area (Å²) in [6.45, 7) is 3.87. The number of imide groups is 1. The van der Waals surface area contributed by atoms with Gasteiger partial charge in [0.1, 0.15) is 17.9 Å². The van der Waals surface area contributed by atoms with E-state index >= 15 is 0 Å². The molecule has 1 fully saturated rings. The van der Waals surface area contributed by atoms with Crippen molar-refractivity contribution < 1.29 is 14.4 Å². The first-order chi connectivity index (χ1) is 14.8. The molecule has 0 unspecified atom stereocenters. The molecule has 2 N–H and O–H groups in total. The van der Waals surface area contributed by atoms with Crippen LogP contribution >= 0.6 is 23.2 Å². The van der Waals surface area contributed by atoms with Gasteiger partial charge >= 0.3 is 6.03 Å². The van der Waals surface area contributed by atoms with E-state index in [4.69, 9.17) is 23.2 Å². The molecule has 31 heavy (non-hydrogen) atoms. The maximum absolute atomic E-state index is 12.9. The van der Waals surface area contributed by atoms with Gasteiger partial charge in [-0.15, -0.1) is 0 Å². The lowest BCUT2D eigenvalue weighted by atomic mass is 9.88. The standard InChI is InChI=1S/C21H25Cl2N5O3/c1-3-8-21(9-4-2)19(30)27(20(31)26-21)13-18(29)25-17-7-10-24-28(17)12-14-5-6-15(22)11-16(14)23/h5-7,10-11H,3-4,8-9,12-13H2,1-2H3,(H,25,29)(H,26,31). The lowest BCUT2D eigenvalue weighted by Gasteiger charge is -2.25. The Morgan fingerprint density at radius 2 is 1.87 bits per heavy atom. The molecule has 0 aliphatic carbocycles. The van der Waals surface area contributed by atoms with Gasteiger partial charge in [0.15, 0.2) is 0 Å². The van der Waals surface area contributed by atoms with E-state index in [1.54, 1.807) is 35.1 Å². The Labute approximate surface area is 190 Å². The van der Waals surface area contributed by atoms with E-state index in [1.807, 2.05) is 13.8 Å². The lowest BCUT2D eigenvalue weighted by molar-refractivity contribution is -0.134. The number of hydrogen-bond acceptors (Lipinski definition) is 4. The summed E-state index contributed by atoms with van der Waals surface area (Å²) in [4.78, 5) is 39.0. The van der Waals surface area contributed by atoms with Crippen molar-refractivity contribution >= 4 is 46.9 Å². The first kappa shape index (κ1) is 23.1. The minimum Gasteiger partial charge on any atom is -0.323 e. The Bertz CT molecular complexity index is 985. The summed E-state index contributed by atoms with van der Waals surface area (Å²) in [5.74, 6) is -0.412. The maximum Gasteiger partial charge on any atom is 0.325 e. The normalized spacial score (nSPS) is 15.3. The van der Waals surface area contributed by atoms with Crippen molar-refractivity contribution in [3.8, 4) is 0 Å². The molecule has 166 valence electrons. The van der Waals surface area contributed by atoms with Gasteiger partial charge in [-0.1, -0.05) is 56.0 Å². The van der Waals surface area contributed by atoms with Crippen LogP contribution in [0.3, 0.4) is 0 Å². The minimum atomic E-state index is -0.923. The summed E-state index contributed by atoms with van der Waals surface area (Å²) < 4.78 is 1.57. The van der Waals surface area contributed by atoms with E-state index in [-0.39, 0.29) is 12.5 Å². The van der Waals surface area contributed by atoms with Crippen LogP contribution in [-0.2, 0) is 16.1 Å². The summed E-state index contributed by atoms with van der Waals surface area (Å²) >= 11 is 12.2. The molecular weight excluding hydrogens is 441 g/mol. The fraction of sp³-hybridized carbons (Fsp3) is 0.429. The average Bonchev–Trinajstić information content (AvgIpc) is 3.22. The van der Waals surface area contributed by atoms with Gasteiger partial charge in [-0.3, -0.25) is 14.5 Å². The molecule has 4 amide bonds. The van der Waals surface area contributed by atoms with Crippen LogP contribution in [0.25, 0.3) is 0 Å². The largest absolute Gasteiger partial charge is 0.325 e. The van der Waals surface area contributed by atoms with Crippen LogP contribution in [0.5, 0.6) is 0 Å². The fourth-order valence-corrected chi connectivity index (χ4v) is 4.31. The number of anilines is 1. The molecule has 2 aromatic rings. The number of carbonyl (C=O) groups is 3. The highest BCUT2D eigenvalue weighted by Crippen LogP contribution is 2.28. The Morgan fingerprint density at radius 3 is 2.52 bits per heavy atom. The summed E-state index contributed by atoms with van der Waals surface area (Å²) in [6, 6.07) is 6.24. The topological polar surface area (TPSA) is 96.3 Å². The summed E-state index contributed by atoms with van der Waals surface area (Å²) in [7, 11) is 0. The number of urea groups is 1. The van der Waals surface area contributed by atoms with Crippen molar-refractivity contribution in [3.05, 3.63) is 46.1 Å². The van der Waals surface area contributed by atoms with E-state index in [2.05, 4.69) is 15.7 Å². The van der Waals surface area contributed by atoms with Gasteiger partial charge < -0.3 is 10.6 Å². The fourth-order valence-electron chi connectivity index (χ4n) is 3.84. The second-order valence-corrected chi connectivity index (χ2v) is 8.41. The van der Waals surface area contributed by atoms with Gasteiger partial charge in [0.25, 0.3) is 5.91 Å². The van der Waals surface area contributed by atoms with E-state index in [1.165, 1.54) is 0 Å². The van der Waals surface area contributed by atoms with Gasteiger partial charge in [-0.25, -0.2) is 9.48 Å². The van der Waals surface area contributed by atoms with Gasteiger partial charge in [0.05, 0.1) is 12.7 Å². The third-order valence-corrected chi connectivity index (χ3v) is 5.81. The highest BCUT2D eigenvalue weighted by molar-refractivity contribution is 6.35. The molecule has 0 bridgehead atoms. The van der Waals surface area contributed by atoms with Crippen molar-refractivity contribution in [1.82, 2.24) is 20.0 Å². The van der Waals surface area contributed by atoms with Crippen LogP contribution in [0.4, 0.5) is 10.6 Å². The molecule has 3 rings (SSSR count). The molecule has 1 aliphatic rings. The van der Waals surface area contributed by atoms with Crippen molar-refractivity contribution in [2.24, 2.45) is 0 Å². The molecule has 8 nitrogen and oxygen atoms in total. The van der Waals surface area contributed by atoms with Crippen molar-refractivity contribution in [1.29, 1.82) is 0 Å². The minimum absolute atomic E-state index is 0.317. The number of carbonyl (C=O) groups excluding carboxylic acids is 3. The SMILES string of the molecule is CCCC1(CCC)NC(=O)N(CC(=O)Nc2ccnn2Cc2ccc(Cl)cc2Cl)C1=O. The Balaban J connectivity index is 1.69. The quantitative estimate of drug-likeness (QED) is 0.545. The second kappa shape index (κ2) is 9.70. The van der Waals surface area contributed by atoms with Crippen molar-refractivity contribution in [2.45, 2.75) is 51.6 Å². The highest BCUT2D eigenvalue weighted by atomic mass is 35.5. The zero-order valence-corrected chi connectivity index (χ0v) is 19.0. The van der Waals surface area contributed by atoms with Crippen LogP contribution in [0.15, 0.2) is 30.5 Å². The maximum atomic E-state index is 12.9. The molecule has 0 saturated carbocycles. The predicted octanol–water partition coefficient (Wildman–Crippen LogP) is 4.07. The molecule has 1 aliphatic heterocycles. The molecule has 0 spiro atoms. The van der Waals surface area contributed by atoms with Crippen LogP contribution < -0.4 is 10.6 Å². The summed E-state index contributed by atoms with van der Waals surface area (Å²) in [6.07, 6.45) is 4.12. The Hall–Kier alpha value is -2.58. The lowest BCUT2D eigenvalue weighted by Crippen LogP contribution is -2.47. The molecule has 1 aromatic carbocycles. The van der Waals surface area contributed by atoms with Crippen LogP contribution in [0.1, 0.15) is 45.1 Å². The van der Waals surface area contributed by atoms with Gasteiger partial charge in [-0.05, 0) is 30.5 Å². The molecular formula is C21H25Cl2N5O3. The van der Waals surface area contributed by atoms with E-state index < -0.39 is 17.5 Å². The average molecular weight is 466 g/mol. The number of hydrogen-bond donors (Lipinski definition) is 2. The Kier molecular flexibility index (Phi) is 7.23.